The van der Waals surface area contributed by atoms with Crippen molar-refractivity contribution in [2.75, 3.05) is 23.3 Å². The zero-order valence-electron chi connectivity index (χ0n) is 17.9. The summed E-state index contributed by atoms with van der Waals surface area (Å²) in [6.45, 7) is 3.56. The molecular weight excluding hydrogens is 424 g/mol. The molecule has 0 radical (unpaired) electrons. The summed E-state index contributed by atoms with van der Waals surface area (Å²) in [6, 6.07) is 18.8. The van der Waals surface area contributed by atoms with Crippen molar-refractivity contribution < 1.29 is 18.0 Å². The maximum atomic E-state index is 13.9. The number of nitrogens with zero attached hydrogens (tertiary/aromatic N) is 2. The average molecular weight is 445 g/mol. The monoisotopic (exact) mass is 445 g/mol. The lowest BCUT2D eigenvalue weighted by molar-refractivity contribution is 0.101. The first kappa shape index (κ1) is 20.9. The number of anilines is 2. The first-order chi connectivity index (χ1) is 16.0. The second-order valence-corrected chi connectivity index (χ2v) is 8.02. The van der Waals surface area contributed by atoms with E-state index in [2.05, 4.69) is 22.1 Å². The first-order valence-electron chi connectivity index (χ1n) is 10.6. The molecule has 3 aromatic carbocycles. The number of carbonyl (C=O) groups is 1. The molecule has 0 atom stereocenters. The van der Waals surface area contributed by atoms with Gasteiger partial charge in [0, 0.05) is 18.8 Å². The topological polar surface area (TPSA) is 58.4 Å². The van der Waals surface area contributed by atoms with E-state index in [9.17, 15) is 13.6 Å². The lowest BCUT2D eigenvalue weighted by atomic mass is 9.95. The fourth-order valence-electron chi connectivity index (χ4n) is 4.02. The number of carbonyl (C=O) groups excluding carboxylic acids is 1. The molecule has 7 heteroatoms. The number of nitrogens with one attached hydrogen (secondary N) is 1. The minimum atomic E-state index is -0.897. The summed E-state index contributed by atoms with van der Waals surface area (Å²) in [5.74, 6) is -2.62. The zero-order chi connectivity index (χ0) is 22.9. The van der Waals surface area contributed by atoms with Crippen LogP contribution in [0.25, 0.3) is 16.7 Å². The van der Waals surface area contributed by atoms with Crippen LogP contribution in [0.2, 0.25) is 0 Å². The molecule has 1 amide bonds. The van der Waals surface area contributed by atoms with Gasteiger partial charge in [0.2, 0.25) is 0 Å². The quantitative estimate of drug-likeness (QED) is 0.416. The standard InChI is InChI=1S/C26H21F2N3O2/c1-16-13-14-31(26-30-22-7-2-3-8-23(22)33-26)15-19(16)17-9-11-18(12-10-17)29-25(32)24-20(27)5-4-6-21(24)28/h2-12H,13-15H2,1H3,(H,29,32). The third-order valence-corrected chi connectivity index (χ3v) is 5.86. The smallest absolute Gasteiger partial charge is 0.298 e. The van der Waals surface area contributed by atoms with E-state index in [1.54, 1.807) is 12.1 Å². The summed E-state index contributed by atoms with van der Waals surface area (Å²) in [7, 11) is 0. The molecular formula is C26H21F2N3O2. The number of halogens is 2. The van der Waals surface area contributed by atoms with E-state index in [0.717, 1.165) is 47.3 Å². The van der Waals surface area contributed by atoms with Crippen LogP contribution < -0.4 is 10.2 Å². The summed E-state index contributed by atoms with van der Waals surface area (Å²) in [6.07, 6.45) is 0.874. The van der Waals surface area contributed by atoms with E-state index in [-0.39, 0.29) is 0 Å². The van der Waals surface area contributed by atoms with E-state index in [1.165, 1.54) is 11.6 Å². The van der Waals surface area contributed by atoms with Crippen LogP contribution in [0.15, 0.2) is 76.7 Å². The van der Waals surface area contributed by atoms with Crippen LogP contribution in [0.1, 0.15) is 29.3 Å². The molecule has 1 aliphatic heterocycles. The Balaban J connectivity index is 1.34. The van der Waals surface area contributed by atoms with Crippen LogP contribution in [0.3, 0.4) is 0 Å². The van der Waals surface area contributed by atoms with E-state index < -0.39 is 23.1 Å². The van der Waals surface area contributed by atoms with Gasteiger partial charge >= 0.3 is 0 Å². The lowest BCUT2D eigenvalue weighted by Crippen LogP contribution is -2.31. The number of para-hydroxylation sites is 2. The Hall–Kier alpha value is -4.00. The minimum absolute atomic E-state index is 0.455. The molecule has 0 aliphatic carbocycles. The van der Waals surface area contributed by atoms with E-state index in [4.69, 9.17) is 4.42 Å². The molecule has 0 unspecified atom stereocenters. The molecule has 0 saturated heterocycles. The second kappa shape index (κ2) is 8.50. The lowest BCUT2D eigenvalue weighted by Gasteiger charge is -2.29. The van der Waals surface area contributed by atoms with Crippen molar-refractivity contribution in [2.45, 2.75) is 13.3 Å². The minimum Gasteiger partial charge on any atom is -0.423 e. The molecule has 1 aliphatic rings. The van der Waals surface area contributed by atoms with Crippen LogP contribution in [0.4, 0.5) is 20.5 Å². The Kier molecular flexibility index (Phi) is 5.38. The van der Waals surface area contributed by atoms with Gasteiger partial charge in [0.25, 0.3) is 11.9 Å². The van der Waals surface area contributed by atoms with E-state index >= 15 is 0 Å². The molecule has 33 heavy (non-hydrogen) atoms. The van der Waals surface area contributed by atoms with Crippen LogP contribution in [-0.2, 0) is 0 Å². The number of oxazole rings is 1. The Morgan fingerprint density at radius 3 is 2.45 bits per heavy atom. The molecule has 166 valence electrons. The van der Waals surface area contributed by atoms with Gasteiger partial charge in [-0.05, 0) is 60.9 Å². The Labute approximate surface area is 189 Å². The molecule has 1 N–H and O–H groups in total. The highest BCUT2D eigenvalue weighted by Crippen LogP contribution is 2.31. The average Bonchev–Trinajstić information content (AvgIpc) is 3.24. The van der Waals surface area contributed by atoms with Gasteiger partial charge in [0.05, 0.1) is 0 Å². The summed E-state index contributed by atoms with van der Waals surface area (Å²) >= 11 is 0. The number of fused-ring (bicyclic) bond motifs is 1. The van der Waals surface area contributed by atoms with Crippen LogP contribution in [0.5, 0.6) is 0 Å². The fraction of sp³-hybridized carbons (Fsp3) is 0.154. The maximum absolute atomic E-state index is 13.9. The SMILES string of the molecule is CC1=C(c2ccc(NC(=O)c3c(F)cccc3F)cc2)CN(c2nc3ccccc3o2)CC1. The van der Waals surface area contributed by atoms with Gasteiger partial charge in [0.1, 0.15) is 22.7 Å². The predicted molar refractivity (Wildman–Crippen MR) is 124 cm³/mol. The molecule has 2 heterocycles. The van der Waals surface area contributed by atoms with Crippen LogP contribution >= 0.6 is 0 Å². The van der Waals surface area contributed by atoms with E-state index in [1.807, 2.05) is 36.4 Å². The van der Waals surface area contributed by atoms with Crippen LogP contribution in [0, 0.1) is 11.6 Å². The highest BCUT2D eigenvalue weighted by molar-refractivity contribution is 6.04. The molecule has 0 bridgehead atoms. The molecule has 0 saturated carbocycles. The Morgan fingerprint density at radius 1 is 1.00 bits per heavy atom. The summed E-state index contributed by atoms with van der Waals surface area (Å²) in [5.41, 5.74) is 4.87. The molecule has 0 fully saturated rings. The van der Waals surface area contributed by atoms with Crippen molar-refractivity contribution in [1.82, 2.24) is 4.98 Å². The highest BCUT2D eigenvalue weighted by atomic mass is 19.1. The number of hydrogen-bond donors (Lipinski definition) is 1. The van der Waals surface area contributed by atoms with Crippen LogP contribution in [-0.4, -0.2) is 24.0 Å². The van der Waals surface area contributed by atoms with Gasteiger partial charge in [-0.25, -0.2) is 8.78 Å². The largest absolute Gasteiger partial charge is 0.423 e. The van der Waals surface area contributed by atoms with Crippen molar-refractivity contribution in [1.29, 1.82) is 0 Å². The third kappa shape index (κ3) is 4.09. The normalized spacial score (nSPS) is 14.1. The highest BCUT2D eigenvalue weighted by Gasteiger charge is 2.22. The predicted octanol–water partition coefficient (Wildman–Crippen LogP) is 6.04. The number of hydrogen-bond acceptors (Lipinski definition) is 4. The third-order valence-electron chi connectivity index (χ3n) is 5.86. The summed E-state index contributed by atoms with van der Waals surface area (Å²) in [5, 5.41) is 2.56. The molecule has 5 nitrogen and oxygen atoms in total. The fourth-order valence-corrected chi connectivity index (χ4v) is 4.02. The number of aromatic nitrogens is 1. The van der Waals surface area contributed by atoms with Gasteiger partial charge < -0.3 is 14.6 Å². The molecule has 1 aromatic heterocycles. The van der Waals surface area contributed by atoms with Gasteiger partial charge in [-0.2, -0.15) is 4.98 Å². The first-order valence-corrected chi connectivity index (χ1v) is 10.6. The second-order valence-electron chi connectivity index (χ2n) is 8.02. The van der Waals surface area contributed by atoms with Gasteiger partial charge in [-0.1, -0.05) is 35.9 Å². The Morgan fingerprint density at radius 2 is 1.73 bits per heavy atom. The zero-order valence-corrected chi connectivity index (χ0v) is 17.9. The van der Waals surface area contributed by atoms with Crippen molar-refractivity contribution in [3.8, 4) is 0 Å². The molecule has 5 rings (SSSR count). The van der Waals surface area contributed by atoms with Crippen molar-refractivity contribution in [2.24, 2.45) is 0 Å². The summed E-state index contributed by atoms with van der Waals surface area (Å²) in [4.78, 5) is 19.1. The Bertz CT molecular complexity index is 1320. The number of rotatable bonds is 4. The van der Waals surface area contributed by atoms with Gasteiger partial charge in [0.15, 0.2) is 5.58 Å². The molecule has 4 aromatic rings. The summed E-state index contributed by atoms with van der Waals surface area (Å²) < 4.78 is 33.7. The maximum Gasteiger partial charge on any atom is 0.298 e. The number of benzene rings is 3. The van der Waals surface area contributed by atoms with Crippen molar-refractivity contribution >= 4 is 34.3 Å². The van der Waals surface area contributed by atoms with Gasteiger partial charge in [-0.3, -0.25) is 4.79 Å². The van der Waals surface area contributed by atoms with E-state index in [0.29, 0.717) is 18.2 Å². The van der Waals surface area contributed by atoms with Crippen molar-refractivity contribution in [3.63, 3.8) is 0 Å². The van der Waals surface area contributed by atoms with Gasteiger partial charge in [-0.15, -0.1) is 0 Å². The van der Waals surface area contributed by atoms with Crippen molar-refractivity contribution in [3.05, 3.63) is 95.1 Å². The molecule has 0 spiro atoms. The number of amides is 1.